The first-order chi connectivity index (χ1) is 8.41. The lowest BCUT2D eigenvalue weighted by Crippen LogP contribution is -1.72. The molecule has 0 radical (unpaired) electrons. The second kappa shape index (κ2) is 15.0. The minimum Gasteiger partial charge on any atom is -0.103 e. The molecule has 0 nitrogen and oxygen atoms in total. The minimum atomic E-state index is 1.14. The van der Waals surface area contributed by atoms with Gasteiger partial charge in [0.15, 0.2) is 0 Å². The molecule has 0 heteroatoms. The van der Waals surface area contributed by atoms with Crippen LogP contribution < -0.4 is 0 Å². The fraction of sp³-hybridized carbons (Fsp3) is 0.529. The van der Waals surface area contributed by atoms with Gasteiger partial charge >= 0.3 is 0 Å². The predicted octanol–water partition coefficient (Wildman–Crippen LogP) is 5.98. The van der Waals surface area contributed by atoms with E-state index in [1.165, 1.54) is 44.9 Å². The largest absolute Gasteiger partial charge is 0.103 e. The van der Waals surface area contributed by atoms with Crippen molar-refractivity contribution in [3.05, 3.63) is 49.6 Å². The molecule has 0 aromatic rings. The van der Waals surface area contributed by atoms with Crippen LogP contribution in [0.3, 0.4) is 0 Å². The SMILES string of the molecule is C=CCCC/C=C/CCC/C=C/CCCC=C. The van der Waals surface area contributed by atoms with Crippen molar-refractivity contribution in [1.29, 1.82) is 0 Å². The Balaban J connectivity index is 3.16. The number of unbranched alkanes of at least 4 members (excludes halogenated alkanes) is 6. The molecular weight excluding hydrogens is 204 g/mol. The average molecular weight is 232 g/mol. The Morgan fingerprint density at radius 1 is 0.471 bits per heavy atom. The van der Waals surface area contributed by atoms with Crippen molar-refractivity contribution in [2.75, 3.05) is 0 Å². The average Bonchev–Trinajstić information content (AvgIpc) is 2.35. The van der Waals surface area contributed by atoms with Crippen molar-refractivity contribution in [2.45, 2.75) is 57.8 Å². The Morgan fingerprint density at radius 3 is 1.06 bits per heavy atom. The van der Waals surface area contributed by atoms with E-state index in [4.69, 9.17) is 0 Å². The second-order valence-corrected chi connectivity index (χ2v) is 4.31. The fourth-order valence-electron chi connectivity index (χ4n) is 1.59. The van der Waals surface area contributed by atoms with E-state index in [0.29, 0.717) is 0 Å². The van der Waals surface area contributed by atoms with Gasteiger partial charge in [0, 0.05) is 0 Å². The quantitative estimate of drug-likeness (QED) is 0.287. The highest BCUT2D eigenvalue weighted by Crippen LogP contribution is 2.03. The molecule has 0 atom stereocenters. The molecule has 0 aliphatic heterocycles. The van der Waals surface area contributed by atoms with Gasteiger partial charge in [-0.05, 0) is 57.8 Å². The van der Waals surface area contributed by atoms with E-state index < -0.39 is 0 Å². The summed E-state index contributed by atoms with van der Waals surface area (Å²) < 4.78 is 0. The number of hydrogen-bond donors (Lipinski definition) is 0. The number of rotatable bonds is 12. The van der Waals surface area contributed by atoms with Crippen LogP contribution >= 0.6 is 0 Å². The van der Waals surface area contributed by atoms with Crippen LogP contribution in [0.4, 0.5) is 0 Å². The van der Waals surface area contributed by atoms with E-state index in [0.717, 1.165) is 12.8 Å². The lowest BCUT2D eigenvalue weighted by molar-refractivity contribution is 0.831. The number of allylic oxidation sites excluding steroid dienone is 6. The molecule has 0 heterocycles. The molecule has 0 amide bonds. The van der Waals surface area contributed by atoms with Gasteiger partial charge in [0.2, 0.25) is 0 Å². The van der Waals surface area contributed by atoms with Crippen LogP contribution in [0, 0.1) is 0 Å². The maximum Gasteiger partial charge on any atom is -0.0348 e. The van der Waals surface area contributed by atoms with Crippen LogP contribution in [0.1, 0.15) is 57.8 Å². The van der Waals surface area contributed by atoms with Gasteiger partial charge < -0.3 is 0 Å². The third kappa shape index (κ3) is 15.0. The predicted molar refractivity (Wildman–Crippen MR) is 80.2 cm³/mol. The highest BCUT2D eigenvalue weighted by Gasteiger charge is 1.83. The molecule has 96 valence electrons. The maximum absolute atomic E-state index is 3.72. The van der Waals surface area contributed by atoms with E-state index in [1.807, 2.05) is 12.2 Å². The standard InChI is InChI=1S/C17H28/c1-3-5-7-9-11-13-15-17-16-14-12-10-8-6-4-2/h3-4,11-14H,1-2,5-10,15-17H2/b13-11+,14-12+. The van der Waals surface area contributed by atoms with Crippen molar-refractivity contribution >= 4 is 0 Å². The summed E-state index contributed by atoms with van der Waals surface area (Å²) in [7, 11) is 0. The molecule has 0 aliphatic carbocycles. The summed E-state index contributed by atoms with van der Waals surface area (Å²) in [5.41, 5.74) is 0. The third-order valence-electron chi connectivity index (χ3n) is 2.63. The van der Waals surface area contributed by atoms with Crippen molar-refractivity contribution in [3.63, 3.8) is 0 Å². The Bertz CT molecular complexity index is 196. The van der Waals surface area contributed by atoms with Crippen LogP contribution in [0.2, 0.25) is 0 Å². The number of hydrogen-bond acceptors (Lipinski definition) is 0. The van der Waals surface area contributed by atoms with E-state index in [2.05, 4.69) is 37.5 Å². The first kappa shape index (κ1) is 16.0. The van der Waals surface area contributed by atoms with Crippen molar-refractivity contribution in [2.24, 2.45) is 0 Å². The third-order valence-corrected chi connectivity index (χ3v) is 2.63. The normalized spacial score (nSPS) is 11.3. The molecule has 0 aromatic carbocycles. The van der Waals surface area contributed by atoms with Gasteiger partial charge in [-0.15, -0.1) is 13.2 Å². The molecule has 0 spiro atoms. The monoisotopic (exact) mass is 232 g/mol. The van der Waals surface area contributed by atoms with Crippen LogP contribution in [0.15, 0.2) is 49.6 Å². The Hall–Kier alpha value is -1.04. The smallest absolute Gasteiger partial charge is 0.0348 e. The van der Waals surface area contributed by atoms with Crippen molar-refractivity contribution < 1.29 is 0 Å². The molecule has 0 N–H and O–H groups in total. The van der Waals surface area contributed by atoms with E-state index in [-0.39, 0.29) is 0 Å². The van der Waals surface area contributed by atoms with E-state index in [9.17, 15) is 0 Å². The second-order valence-electron chi connectivity index (χ2n) is 4.31. The molecule has 0 aromatic heterocycles. The molecule has 0 saturated heterocycles. The minimum absolute atomic E-state index is 1.14. The van der Waals surface area contributed by atoms with Gasteiger partial charge in [-0.3, -0.25) is 0 Å². The summed E-state index contributed by atoms with van der Waals surface area (Å²) in [4.78, 5) is 0. The summed E-state index contributed by atoms with van der Waals surface area (Å²) in [5.74, 6) is 0. The van der Waals surface area contributed by atoms with Gasteiger partial charge in [0.1, 0.15) is 0 Å². The molecule has 0 aliphatic rings. The topological polar surface area (TPSA) is 0 Å². The Morgan fingerprint density at radius 2 is 0.765 bits per heavy atom. The van der Waals surface area contributed by atoms with Crippen LogP contribution in [0.5, 0.6) is 0 Å². The highest BCUT2D eigenvalue weighted by atomic mass is 13.9. The summed E-state index contributed by atoms with van der Waals surface area (Å²) in [6.07, 6.45) is 24.1. The molecule has 17 heavy (non-hydrogen) atoms. The zero-order valence-corrected chi connectivity index (χ0v) is 11.2. The van der Waals surface area contributed by atoms with Crippen LogP contribution in [-0.4, -0.2) is 0 Å². The fourth-order valence-corrected chi connectivity index (χ4v) is 1.59. The zero-order chi connectivity index (χ0) is 12.6. The first-order valence-electron chi connectivity index (χ1n) is 6.93. The highest BCUT2D eigenvalue weighted by molar-refractivity contribution is 4.86. The Kier molecular flexibility index (Phi) is 14.0. The Labute approximate surface area is 108 Å². The zero-order valence-electron chi connectivity index (χ0n) is 11.2. The van der Waals surface area contributed by atoms with Crippen LogP contribution in [-0.2, 0) is 0 Å². The van der Waals surface area contributed by atoms with Gasteiger partial charge in [-0.25, -0.2) is 0 Å². The van der Waals surface area contributed by atoms with E-state index in [1.54, 1.807) is 0 Å². The maximum atomic E-state index is 3.72. The lowest BCUT2D eigenvalue weighted by atomic mass is 10.1. The van der Waals surface area contributed by atoms with Gasteiger partial charge in [-0.1, -0.05) is 36.5 Å². The summed E-state index contributed by atoms with van der Waals surface area (Å²) in [5, 5.41) is 0. The molecule has 0 unspecified atom stereocenters. The molecule has 0 rings (SSSR count). The molecular formula is C17H28. The summed E-state index contributed by atoms with van der Waals surface area (Å²) >= 11 is 0. The lowest BCUT2D eigenvalue weighted by Gasteiger charge is -1.92. The first-order valence-corrected chi connectivity index (χ1v) is 6.93. The summed E-state index contributed by atoms with van der Waals surface area (Å²) in [6.45, 7) is 7.44. The van der Waals surface area contributed by atoms with Crippen molar-refractivity contribution in [1.82, 2.24) is 0 Å². The molecule has 0 saturated carbocycles. The van der Waals surface area contributed by atoms with Gasteiger partial charge in [0.05, 0.1) is 0 Å². The van der Waals surface area contributed by atoms with Crippen molar-refractivity contribution in [3.8, 4) is 0 Å². The summed E-state index contributed by atoms with van der Waals surface area (Å²) in [6, 6.07) is 0. The van der Waals surface area contributed by atoms with Gasteiger partial charge in [0.25, 0.3) is 0 Å². The molecule has 0 fully saturated rings. The van der Waals surface area contributed by atoms with Gasteiger partial charge in [-0.2, -0.15) is 0 Å². The van der Waals surface area contributed by atoms with Crippen LogP contribution in [0.25, 0.3) is 0 Å². The van der Waals surface area contributed by atoms with E-state index >= 15 is 0 Å². The molecule has 0 bridgehead atoms.